The summed E-state index contributed by atoms with van der Waals surface area (Å²) in [5, 5.41) is 9.71. The van der Waals surface area contributed by atoms with Crippen molar-refractivity contribution in [2.45, 2.75) is 31.3 Å². The number of piperidine rings is 1. The minimum absolute atomic E-state index is 0.224. The maximum Gasteiger partial charge on any atom is 0.320 e. The van der Waals surface area contributed by atoms with Crippen molar-refractivity contribution in [3.8, 4) is 11.5 Å². The molecule has 5 nitrogen and oxygen atoms in total. The first kappa shape index (κ1) is 20.1. The molecule has 2 unspecified atom stereocenters. The van der Waals surface area contributed by atoms with E-state index in [1.807, 2.05) is 0 Å². The molecule has 7 heteroatoms. The summed E-state index contributed by atoms with van der Waals surface area (Å²) in [7, 11) is 3.01. The highest BCUT2D eigenvalue weighted by molar-refractivity contribution is 5.73. The van der Waals surface area contributed by atoms with E-state index in [9.17, 15) is 18.7 Å². The number of hydrogen-bond donors (Lipinski definition) is 1. The molecule has 0 aromatic heterocycles. The number of carboxylic acid groups (broad SMARTS) is 1. The monoisotopic (exact) mass is 391 g/mol. The summed E-state index contributed by atoms with van der Waals surface area (Å²) in [6.07, 6.45) is 2.07. The van der Waals surface area contributed by atoms with Crippen LogP contribution in [0.2, 0.25) is 0 Å². The zero-order valence-electron chi connectivity index (χ0n) is 15.8. The Morgan fingerprint density at radius 1 is 1.11 bits per heavy atom. The Hall–Kier alpha value is -2.67. The van der Waals surface area contributed by atoms with Gasteiger partial charge in [0.2, 0.25) is 0 Å². The van der Waals surface area contributed by atoms with Gasteiger partial charge in [-0.15, -0.1) is 0 Å². The summed E-state index contributed by atoms with van der Waals surface area (Å²) in [5.41, 5.74) is 0.873. The van der Waals surface area contributed by atoms with Crippen molar-refractivity contribution in [1.29, 1.82) is 0 Å². The number of hydrogen-bond acceptors (Lipinski definition) is 4. The second-order valence-electron chi connectivity index (χ2n) is 6.77. The van der Waals surface area contributed by atoms with E-state index in [-0.39, 0.29) is 5.56 Å². The van der Waals surface area contributed by atoms with Gasteiger partial charge in [-0.25, -0.2) is 8.78 Å². The van der Waals surface area contributed by atoms with Gasteiger partial charge in [-0.1, -0.05) is 18.6 Å². The molecule has 0 amide bonds. The standard InChI is InChI=1S/C21H23F2NO4/c1-27-18-9-6-13(11-19(18)28-2)20(15-8-7-14(22)12-16(15)23)24-10-4-3-5-17(24)21(25)26/h6-9,11-12,17,20H,3-5,10H2,1-2H3,(H,25,26). The van der Waals surface area contributed by atoms with Crippen molar-refractivity contribution < 1.29 is 28.2 Å². The Morgan fingerprint density at radius 2 is 1.86 bits per heavy atom. The number of halogens is 2. The van der Waals surface area contributed by atoms with Crippen LogP contribution in [0.25, 0.3) is 0 Å². The lowest BCUT2D eigenvalue weighted by Gasteiger charge is -2.39. The molecule has 2 aromatic carbocycles. The number of carboxylic acids is 1. The van der Waals surface area contributed by atoms with Gasteiger partial charge in [-0.2, -0.15) is 0 Å². The largest absolute Gasteiger partial charge is 0.493 e. The zero-order chi connectivity index (χ0) is 20.3. The lowest BCUT2D eigenvalue weighted by atomic mass is 9.91. The van der Waals surface area contributed by atoms with Crippen molar-refractivity contribution in [3.05, 3.63) is 59.2 Å². The molecule has 0 radical (unpaired) electrons. The highest BCUT2D eigenvalue weighted by atomic mass is 19.1. The third-order valence-electron chi connectivity index (χ3n) is 5.14. The Bertz CT molecular complexity index is 858. The van der Waals surface area contributed by atoms with E-state index in [1.54, 1.807) is 23.1 Å². The van der Waals surface area contributed by atoms with Crippen molar-refractivity contribution >= 4 is 5.97 Å². The first-order chi connectivity index (χ1) is 13.5. The van der Waals surface area contributed by atoms with Crippen LogP contribution in [0.4, 0.5) is 8.78 Å². The minimum atomic E-state index is -0.951. The van der Waals surface area contributed by atoms with E-state index in [4.69, 9.17) is 9.47 Å². The van der Waals surface area contributed by atoms with Gasteiger partial charge in [0.15, 0.2) is 11.5 Å². The first-order valence-electron chi connectivity index (χ1n) is 9.11. The third-order valence-corrected chi connectivity index (χ3v) is 5.14. The molecule has 1 fully saturated rings. The number of aliphatic carboxylic acids is 1. The van der Waals surface area contributed by atoms with Gasteiger partial charge < -0.3 is 14.6 Å². The predicted molar refractivity (Wildman–Crippen MR) is 99.7 cm³/mol. The fourth-order valence-electron chi connectivity index (χ4n) is 3.82. The third kappa shape index (κ3) is 3.94. The SMILES string of the molecule is COc1ccc(C(c2ccc(F)cc2F)N2CCCCC2C(=O)O)cc1OC. The number of carbonyl (C=O) groups is 1. The van der Waals surface area contributed by atoms with E-state index >= 15 is 0 Å². The smallest absolute Gasteiger partial charge is 0.320 e. The molecular formula is C21H23F2NO4. The van der Waals surface area contributed by atoms with Gasteiger partial charge in [-0.05, 0) is 43.1 Å². The summed E-state index contributed by atoms with van der Waals surface area (Å²) in [6.45, 7) is 0.493. The minimum Gasteiger partial charge on any atom is -0.493 e. The number of methoxy groups -OCH3 is 2. The highest BCUT2D eigenvalue weighted by Crippen LogP contribution is 2.39. The molecule has 0 spiro atoms. The van der Waals surface area contributed by atoms with E-state index < -0.39 is 29.7 Å². The van der Waals surface area contributed by atoms with Crippen molar-refractivity contribution in [2.75, 3.05) is 20.8 Å². The van der Waals surface area contributed by atoms with Crippen LogP contribution in [0.5, 0.6) is 11.5 Å². The Labute approximate surface area is 162 Å². The van der Waals surface area contributed by atoms with Crippen molar-refractivity contribution in [3.63, 3.8) is 0 Å². The first-order valence-corrected chi connectivity index (χ1v) is 9.11. The van der Waals surface area contributed by atoms with E-state index in [0.29, 0.717) is 30.0 Å². The van der Waals surface area contributed by atoms with Gasteiger partial charge in [0, 0.05) is 11.6 Å². The molecule has 3 rings (SSSR count). The van der Waals surface area contributed by atoms with E-state index in [0.717, 1.165) is 18.9 Å². The van der Waals surface area contributed by atoms with Crippen molar-refractivity contribution in [1.82, 2.24) is 4.90 Å². The molecule has 150 valence electrons. The summed E-state index contributed by atoms with van der Waals surface area (Å²) >= 11 is 0. The van der Waals surface area contributed by atoms with E-state index in [2.05, 4.69) is 0 Å². The Morgan fingerprint density at radius 3 is 2.50 bits per heavy atom. The molecule has 2 atom stereocenters. The fourth-order valence-corrected chi connectivity index (χ4v) is 3.82. The van der Waals surface area contributed by atoms with Crippen LogP contribution in [0, 0.1) is 11.6 Å². The number of benzene rings is 2. The molecule has 1 aliphatic heterocycles. The van der Waals surface area contributed by atoms with Crippen LogP contribution in [0.15, 0.2) is 36.4 Å². The molecule has 28 heavy (non-hydrogen) atoms. The normalized spacial score (nSPS) is 18.5. The molecule has 0 aliphatic carbocycles. The van der Waals surface area contributed by atoms with Crippen LogP contribution < -0.4 is 9.47 Å². The average Bonchev–Trinajstić information content (AvgIpc) is 2.69. The maximum absolute atomic E-state index is 14.7. The fraction of sp³-hybridized carbons (Fsp3) is 0.381. The number of likely N-dealkylation sites (tertiary alicyclic amines) is 1. The average molecular weight is 391 g/mol. The molecule has 2 aromatic rings. The topological polar surface area (TPSA) is 59.0 Å². The van der Waals surface area contributed by atoms with Gasteiger partial charge >= 0.3 is 5.97 Å². The molecule has 0 bridgehead atoms. The number of rotatable bonds is 6. The summed E-state index contributed by atoms with van der Waals surface area (Å²) in [5.74, 6) is -1.38. The molecule has 1 aliphatic rings. The lowest BCUT2D eigenvalue weighted by Crippen LogP contribution is -2.47. The Balaban J connectivity index is 2.15. The highest BCUT2D eigenvalue weighted by Gasteiger charge is 2.36. The molecule has 1 saturated heterocycles. The number of ether oxygens (including phenoxy) is 2. The quantitative estimate of drug-likeness (QED) is 0.806. The summed E-state index contributed by atoms with van der Waals surface area (Å²) in [4.78, 5) is 13.6. The molecule has 0 saturated carbocycles. The molecule has 1 heterocycles. The van der Waals surface area contributed by atoms with Gasteiger partial charge in [0.25, 0.3) is 0 Å². The number of nitrogens with zero attached hydrogens (tertiary/aromatic N) is 1. The zero-order valence-corrected chi connectivity index (χ0v) is 15.8. The van der Waals surface area contributed by atoms with Crippen molar-refractivity contribution in [2.24, 2.45) is 0 Å². The molecular weight excluding hydrogens is 368 g/mol. The lowest BCUT2D eigenvalue weighted by molar-refractivity contribution is -0.145. The summed E-state index contributed by atoms with van der Waals surface area (Å²) in [6, 6.07) is 7.09. The maximum atomic E-state index is 14.7. The van der Waals surface area contributed by atoms with Crippen LogP contribution in [-0.4, -0.2) is 42.8 Å². The van der Waals surface area contributed by atoms with Crippen LogP contribution in [0.1, 0.15) is 36.4 Å². The van der Waals surface area contributed by atoms with Crippen LogP contribution >= 0.6 is 0 Å². The van der Waals surface area contributed by atoms with Gasteiger partial charge in [0.1, 0.15) is 17.7 Å². The predicted octanol–water partition coefficient (Wildman–Crippen LogP) is 4.01. The van der Waals surface area contributed by atoms with Crippen LogP contribution in [-0.2, 0) is 4.79 Å². The van der Waals surface area contributed by atoms with Crippen LogP contribution in [0.3, 0.4) is 0 Å². The molecule has 1 N–H and O–H groups in total. The second kappa shape index (κ2) is 8.56. The van der Waals surface area contributed by atoms with Gasteiger partial charge in [-0.3, -0.25) is 9.69 Å². The second-order valence-corrected chi connectivity index (χ2v) is 6.77. The Kier molecular flexibility index (Phi) is 6.14. The van der Waals surface area contributed by atoms with Gasteiger partial charge in [0.05, 0.1) is 20.3 Å². The van der Waals surface area contributed by atoms with E-state index in [1.165, 1.54) is 26.4 Å². The summed E-state index contributed by atoms with van der Waals surface area (Å²) < 4.78 is 38.8.